The van der Waals surface area contributed by atoms with Crippen LogP contribution in [0, 0.1) is 6.92 Å². The first kappa shape index (κ1) is 11.7. The molecule has 0 saturated carbocycles. The molecule has 0 unspecified atom stereocenters. The molecule has 17 heavy (non-hydrogen) atoms. The molecule has 0 aliphatic carbocycles. The van der Waals surface area contributed by atoms with E-state index in [9.17, 15) is 0 Å². The molecule has 1 aromatic heterocycles. The Morgan fingerprint density at radius 2 is 2.12 bits per heavy atom. The Bertz CT molecular complexity index is 507. The second kappa shape index (κ2) is 5.01. The van der Waals surface area contributed by atoms with Gasteiger partial charge in [-0.25, -0.2) is 9.97 Å². The maximum absolute atomic E-state index is 5.90. The van der Waals surface area contributed by atoms with Crippen molar-refractivity contribution in [2.24, 2.45) is 0 Å². The summed E-state index contributed by atoms with van der Waals surface area (Å²) in [6, 6.07) is 9.37. The van der Waals surface area contributed by atoms with Gasteiger partial charge in [0.2, 0.25) is 0 Å². The number of aromatic nitrogens is 2. The maximum atomic E-state index is 5.90. The minimum Gasteiger partial charge on any atom is -0.384 e. The van der Waals surface area contributed by atoms with E-state index in [4.69, 9.17) is 17.3 Å². The second-order valence-electron chi connectivity index (χ2n) is 3.71. The van der Waals surface area contributed by atoms with Crippen molar-refractivity contribution in [3.8, 4) is 0 Å². The quantitative estimate of drug-likeness (QED) is 0.877. The van der Waals surface area contributed by atoms with Crippen LogP contribution in [-0.4, -0.2) is 9.97 Å². The number of halogens is 1. The lowest BCUT2D eigenvalue weighted by molar-refractivity contribution is 1.03. The van der Waals surface area contributed by atoms with E-state index in [2.05, 4.69) is 15.3 Å². The number of hydrogen-bond acceptors (Lipinski definition) is 4. The molecule has 1 heterocycles. The number of hydrogen-bond donors (Lipinski definition) is 2. The van der Waals surface area contributed by atoms with E-state index in [0.717, 1.165) is 16.4 Å². The van der Waals surface area contributed by atoms with Crippen molar-refractivity contribution in [1.29, 1.82) is 0 Å². The summed E-state index contributed by atoms with van der Waals surface area (Å²) in [5.41, 5.74) is 6.73. The predicted molar refractivity (Wildman–Crippen MR) is 70.0 cm³/mol. The molecule has 0 aliphatic heterocycles. The zero-order valence-electron chi connectivity index (χ0n) is 9.44. The van der Waals surface area contributed by atoms with Crippen LogP contribution < -0.4 is 11.1 Å². The van der Waals surface area contributed by atoms with Crippen molar-refractivity contribution in [3.63, 3.8) is 0 Å². The van der Waals surface area contributed by atoms with Crippen LogP contribution in [0.4, 0.5) is 11.6 Å². The Hall–Kier alpha value is -1.81. The maximum Gasteiger partial charge on any atom is 0.132 e. The van der Waals surface area contributed by atoms with E-state index in [1.807, 2.05) is 24.3 Å². The lowest BCUT2D eigenvalue weighted by atomic mass is 10.2. The third kappa shape index (κ3) is 3.32. The number of benzene rings is 1. The minimum absolute atomic E-state index is 0.464. The van der Waals surface area contributed by atoms with Gasteiger partial charge < -0.3 is 11.1 Å². The molecule has 0 fully saturated rings. The Morgan fingerprint density at radius 3 is 2.82 bits per heavy atom. The van der Waals surface area contributed by atoms with Crippen LogP contribution in [0.15, 0.2) is 30.3 Å². The normalized spacial score (nSPS) is 10.2. The SMILES string of the molecule is Cc1nc(N)cc(NCc2cccc(Cl)c2)n1. The number of nitrogens with zero attached hydrogens (tertiary/aromatic N) is 2. The van der Waals surface area contributed by atoms with Gasteiger partial charge in [-0.3, -0.25) is 0 Å². The Kier molecular flexibility index (Phi) is 3.44. The van der Waals surface area contributed by atoms with Gasteiger partial charge in [0.05, 0.1) is 0 Å². The molecule has 0 saturated heterocycles. The molecule has 0 radical (unpaired) electrons. The van der Waals surface area contributed by atoms with Gasteiger partial charge in [-0.2, -0.15) is 0 Å². The number of rotatable bonds is 3. The zero-order valence-corrected chi connectivity index (χ0v) is 10.2. The van der Waals surface area contributed by atoms with Gasteiger partial charge in [0, 0.05) is 17.6 Å². The third-order valence-corrected chi connectivity index (χ3v) is 2.46. The Labute approximate surface area is 105 Å². The highest BCUT2D eigenvalue weighted by Gasteiger charge is 1.99. The highest BCUT2D eigenvalue weighted by Crippen LogP contribution is 2.13. The van der Waals surface area contributed by atoms with Crippen LogP contribution in [0.25, 0.3) is 0 Å². The standard InChI is InChI=1S/C12H13ClN4/c1-8-16-11(14)6-12(17-8)15-7-9-3-2-4-10(13)5-9/h2-6H,7H2,1H3,(H3,14,15,16,17). The van der Waals surface area contributed by atoms with Gasteiger partial charge in [0.25, 0.3) is 0 Å². The molecule has 5 heteroatoms. The third-order valence-electron chi connectivity index (χ3n) is 2.22. The van der Waals surface area contributed by atoms with E-state index >= 15 is 0 Å². The van der Waals surface area contributed by atoms with Gasteiger partial charge >= 0.3 is 0 Å². The minimum atomic E-state index is 0.464. The van der Waals surface area contributed by atoms with Gasteiger partial charge in [-0.15, -0.1) is 0 Å². The first-order valence-electron chi connectivity index (χ1n) is 5.23. The summed E-state index contributed by atoms with van der Waals surface area (Å²) >= 11 is 5.90. The van der Waals surface area contributed by atoms with E-state index in [1.165, 1.54) is 0 Å². The summed E-state index contributed by atoms with van der Waals surface area (Å²) in [4.78, 5) is 8.25. The lowest BCUT2D eigenvalue weighted by Crippen LogP contribution is -2.04. The molecular formula is C12H13ClN4. The summed E-state index contributed by atoms with van der Waals surface area (Å²) in [5, 5.41) is 3.90. The fourth-order valence-corrected chi connectivity index (χ4v) is 1.73. The average Bonchev–Trinajstić information content (AvgIpc) is 2.25. The van der Waals surface area contributed by atoms with Crippen molar-refractivity contribution in [2.75, 3.05) is 11.1 Å². The fourth-order valence-electron chi connectivity index (χ4n) is 1.52. The summed E-state index contributed by atoms with van der Waals surface area (Å²) in [7, 11) is 0. The van der Waals surface area contributed by atoms with E-state index < -0.39 is 0 Å². The second-order valence-corrected chi connectivity index (χ2v) is 4.15. The van der Waals surface area contributed by atoms with Crippen LogP contribution in [0.3, 0.4) is 0 Å². The van der Waals surface area contributed by atoms with Crippen molar-refractivity contribution in [1.82, 2.24) is 9.97 Å². The first-order chi connectivity index (χ1) is 8.13. The Morgan fingerprint density at radius 1 is 1.29 bits per heavy atom. The molecule has 0 spiro atoms. The molecule has 0 amide bonds. The molecule has 0 bridgehead atoms. The summed E-state index contributed by atoms with van der Waals surface area (Å²) < 4.78 is 0. The highest BCUT2D eigenvalue weighted by atomic mass is 35.5. The van der Waals surface area contributed by atoms with E-state index in [1.54, 1.807) is 13.0 Å². The zero-order chi connectivity index (χ0) is 12.3. The van der Waals surface area contributed by atoms with Gasteiger partial charge in [-0.1, -0.05) is 23.7 Å². The van der Waals surface area contributed by atoms with Crippen molar-refractivity contribution >= 4 is 23.2 Å². The molecule has 2 aromatic rings. The number of nitrogen functional groups attached to an aromatic ring is 1. The molecule has 0 atom stereocenters. The van der Waals surface area contributed by atoms with Crippen LogP contribution >= 0.6 is 11.6 Å². The molecule has 3 N–H and O–H groups in total. The van der Waals surface area contributed by atoms with Crippen molar-refractivity contribution < 1.29 is 0 Å². The van der Waals surface area contributed by atoms with E-state index in [0.29, 0.717) is 18.2 Å². The first-order valence-corrected chi connectivity index (χ1v) is 5.61. The lowest BCUT2D eigenvalue weighted by Gasteiger charge is -2.07. The van der Waals surface area contributed by atoms with Crippen LogP contribution in [0.5, 0.6) is 0 Å². The molecule has 88 valence electrons. The number of nitrogens with two attached hydrogens (primary N) is 1. The molecule has 1 aromatic carbocycles. The molecule has 4 nitrogen and oxygen atoms in total. The summed E-state index contributed by atoms with van der Waals surface area (Å²) in [6.45, 7) is 2.46. The fraction of sp³-hybridized carbons (Fsp3) is 0.167. The van der Waals surface area contributed by atoms with Gasteiger partial charge in [-0.05, 0) is 24.6 Å². The van der Waals surface area contributed by atoms with Crippen LogP contribution in [-0.2, 0) is 6.54 Å². The Balaban J connectivity index is 2.07. The number of nitrogens with one attached hydrogen (secondary N) is 1. The largest absolute Gasteiger partial charge is 0.384 e. The molecular weight excluding hydrogens is 236 g/mol. The van der Waals surface area contributed by atoms with E-state index in [-0.39, 0.29) is 0 Å². The monoisotopic (exact) mass is 248 g/mol. The van der Waals surface area contributed by atoms with Crippen LogP contribution in [0.2, 0.25) is 5.02 Å². The average molecular weight is 249 g/mol. The molecule has 2 rings (SSSR count). The van der Waals surface area contributed by atoms with Gasteiger partial charge in [0.1, 0.15) is 17.5 Å². The number of anilines is 2. The number of aryl methyl sites for hydroxylation is 1. The van der Waals surface area contributed by atoms with Gasteiger partial charge in [0.15, 0.2) is 0 Å². The van der Waals surface area contributed by atoms with Crippen molar-refractivity contribution in [2.45, 2.75) is 13.5 Å². The smallest absolute Gasteiger partial charge is 0.132 e. The topological polar surface area (TPSA) is 63.8 Å². The highest BCUT2D eigenvalue weighted by molar-refractivity contribution is 6.30. The summed E-state index contributed by atoms with van der Waals surface area (Å²) in [6.07, 6.45) is 0. The van der Waals surface area contributed by atoms with Crippen molar-refractivity contribution in [3.05, 3.63) is 46.7 Å². The van der Waals surface area contributed by atoms with Crippen LogP contribution in [0.1, 0.15) is 11.4 Å². The molecule has 0 aliphatic rings. The summed E-state index contributed by atoms with van der Waals surface area (Å²) in [5.74, 6) is 1.83. The predicted octanol–water partition coefficient (Wildman–Crippen LogP) is 2.63.